The number of aryl methyl sites for hydroxylation is 2. The van der Waals surface area contributed by atoms with E-state index in [2.05, 4.69) is 24.2 Å². The largest absolute Gasteiger partial charge is 0.324 e. The molecule has 1 atom stereocenters. The minimum atomic E-state index is 0.0917. The standard InChI is InChI=1S/C16H22ClN3/c1-3-20-15(16(17)12(2)19-20)11-7-10-14(18)13-8-5-4-6-9-13/h4-6,8-9,14H,3,7,10-11,18H2,1-2H3. The Balaban J connectivity index is 1.93. The zero-order valence-corrected chi connectivity index (χ0v) is 12.9. The van der Waals surface area contributed by atoms with Crippen molar-refractivity contribution < 1.29 is 0 Å². The van der Waals surface area contributed by atoms with E-state index in [0.717, 1.165) is 42.2 Å². The van der Waals surface area contributed by atoms with Gasteiger partial charge < -0.3 is 5.73 Å². The molecule has 0 aliphatic carbocycles. The van der Waals surface area contributed by atoms with Crippen LogP contribution in [0.5, 0.6) is 0 Å². The summed E-state index contributed by atoms with van der Waals surface area (Å²) < 4.78 is 1.99. The van der Waals surface area contributed by atoms with Crippen LogP contribution in [-0.4, -0.2) is 9.78 Å². The van der Waals surface area contributed by atoms with Crippen molar-refractivity contribution in [3.63, 3.8) is 0 Å². The first-order chi connectivity index (χ1) is 9.63. The molecule has 2 N–H and O–H groups in total. The predicted molar refractivity (Wildman–Crippen MR) is 84.0 cm³/mol. The molecule has 3 nitrogen and oxygen atoms in total. The second kappa shape index (κ2) is 6.91. The number of halogens is 1. The number of aromatic nitrogens is 2. The Morgan fingerprint density at radius 3 is 2.65 bits per heavy atom. The summed E-state index contributed by atoms with van der Waals surface area (Å²) in [6.07, 6.45) is 2.89. The van der Waals surface area contributed by atoms with Gasteiger partial charge in [-0.25, -0.2) is 0 Å². The van der Waals surface area contributed by atoms with Gasteiger partial charge in [0.1, 0.15) is 0 Å². The van der Waals surface area contributed by atoms with E-state index in [4.69, 9.17) is 17.3 Å². The molecule has 0 fully saturated rings. The molecule has 108 valence electrons. The van der Waals surface area contributed by atoms with Crippen LogP contribution in [0.1, 0.15) is 42.8 Å². The topological polar surface area (TPSA) is 43.8 Å². The summed E-state index contributed by atoms with van der Waals surface area (Å²) in [7, 11) is 0. The van der Waals surface area contributed by atoms with Crippen molar-refractivity contribution in [2.75, 3.05) is 0 Å². The second-order valence-corrected chi connectivity index (χ2v) is 5.45. The highest BCUT2D eigenvalue weighted by molar-refractivity contribution is 6.31. The normalized spacial score (nSPS) is 12.6. The van der Waals surface area contributed by atoms with Crippen LogP contribution in [0.15, 0.2) is 30.3 Å². The molecule has 2 aromatic rings. The second-order valence-electron chi connectivity index (χ2n) is 5.07. The van der Waals surface area contributed by atoms with Crippen LogP contribution in [0.4, 0.5) is 0 Å². The Morgan fingerprint density at radius 2 is 2.00 bits per heavy atom. The Kier molecular flexibility index (Phi) is 5.21. The molecule has 4 heteroatoms. The lowest BCUT2D eigenvalue weighted by atomic mass is 10.0. The number of nitrogens with two attached hydrogens (primary N) is 1. The summed E-state index contributed by atoms with van der Waals surface area (Å²) in [5.41, 5.74) is 9.46. The van der Waals surface area contributed by atoms with Crippen LogP contribution in [-0.2, 0) is 13.0 Å². The van der Waals surface area contributed by atoms with Crippen molar-refractivity contribution in [1.82, 2.24) is 9.78 Å². The van der Waals surface area contributed by atoms with Gasteiger partial charge >= 0.3 is 0 Å². The maximum absolute atomic E-state index is 6.31. The van der Waals surface area contributed by atoms with E-state index in [1.54, 1.807) is 0 Å². The zero-order valence-electron chi connectivity index (χ0n) is 12.1. The van der Waals surface area contributed by atoms with Gasteiger partial charge in [0.15, 0.2) is 0 Å². The van der Waals surface area contributed by atoms with Gasteiger partial charge in [-0.05, 0) is 38.7 Å². The summed E-state index contributed by atoms with van der Waals surface area (Å²) in [4.78, 5) is 0. The minimum absolute atomic E-state index is 0.0917. The number of rotatable bonds is 6. The van der Waals surface area contributed by atoms with E-state index in [1.807, 2.05) is 29.8 Å². The Morgan fingerprint density at radius 1 is 1.30 bits per heavy atom. The maximum Gasteiger partial charge on any atom is 0.0847 e. The quantitative estimate of drug-likeness (QED) is 0.877. The summed E-state index contributed by atoms with van der Waals surface area (Å²) in [6.45, 7) is 4.89. The van der Waals surface area contributed by atoms with Crippen LogP contribution >= 0.6 is 11.6 Å². The van der Waals surface area contributed by atoms with Gasteiger partial charge in [0.2, 0.25) is 0 Å². The Labute approximate surface area is 125 Å². The van der Waals surface area contributed by atoms with Gasteiger partial charge in [-0.2, -0.15) is 5.10 Å². The van der Waals surface area contributed by atoms with Crippen LogP contribution in [0.3, 0.4) is 0 Å². The first-order valence-corrected chi connectivity index (χ1v) is 7.53. The molecule has 1 heterocycles. The number of benzene rings is 1. The number of hydrogen-bond acceptors (Lipinski definition) is 2. The molecule has 1 aromatic carbocycles. The molecule has 0 aliphatic heterocycles. The van der Waals surface area contributed by atoms with E-state index < -0.39 is 0 Å². The fourth-order valence-corrected chi connectivity index (χ4v) is 2.69. The van der Waals surface area contributed by atoms with Gasteiger partial charge in [0.25, 0.3) is 0 Å². The highest BCUT2D eigenvalue weighted by Gasteiger charge is 2.13. The molecule has 1 aromatic heterocycles. The van der Waals surface area contributed by atoms with Gasteiger partial charge in [-0.1, -0.05) is 41.9 Å². The van der Waals surface area contributed by atoms with Crippen molar-refractivity contribution in [2.24, 2.45) is 5.73 Å². The van der Waals surface area contributed by atoms with E-state index >= 15 is 0 Å². The average Bonchev–Trinajstić information content (AvgIpc) is 2.75. The highest BCUT2D eigenvalue weighted by Crippen LogP contribution is 2.23. The number of hydrogen-bond donors (Lipinski definition) is 1. The van der Waals surface area contributed by atoms with Crippen LogP contribution in [0, 0.1) is 6.92 Å². The molecule has 1 unspecified atom stereocenters. The first-order valence-electron chi connectivity index (χ1n) is 7.15. The van der Waals surface area contributed by atoms with Crippen LogP contribution in [0.25, 0.3) is 0 Å². The molecule has 0 aliphatic rings. The third-order valence-electron chi connectivity index (χ3n) is 3.61. The third kappa shape index (κ3) is 3.41. The molecule has 0 bridgehead atoms. The van der Waals surface area contributed by atoms with E-state index in [0.29, 0.717) is 0 Å². The molecule has 0 spiro atoms. The summed E-state index contributed by atoms with van der Waals surface area (Å²) in [5.74, 6) is 0. The lowest BCUT2D eigenvalue weighted by Crippen LogP contribution is -2.11. The van der Waals surface area contributed by atoms with Crippen molar-refractivity contribution in [3.05, 3.63) is 52.3 Å². The molecule has 20 heavy (non-hydrogen) atoms. The first kappa shape index (κ1) is 15.1. The monoisotopic (exact) mass is 291 g/mol. The summed E-state index contributed by atoms with van der Waals surface area (Å²) in [5, 5.41) is 5.24. The molecule has 0 saturated heterocycles. The number of nitrogens with zero attached hydrogens (tertiary/aromatic N) is 2. The summed E-state index contributed by atoms with van der Waals surface area (Å²) in [6, 6.07) is 10.3. The maximum atomic E-state index is 6.31. The molecule has 0 saturated carbocycles. The van der Waals surface area contributed by atoms with Crippen LogP contribution in [0.2, 0.25) is 5.02 Å². The Hall–Kier alpha value is -1.32. The Bertz CT molecular complexity index is 548. The summed E-state index contributed by atoms with van der Waals surface area (Å²) >= 11 is 6.31. The minimum Gasteiger partial charge on any atom is -0.324 e. The van der Waals surface area contributed by atoms with Gasteiger partial charge in [-0.15, -0.1) is 0 Å². The van der Waals surface area contributed by atoms with Gasteiger partial charge in [0.05, 0.1) is 16.4 Å². The van der Waals surface area contributed by atoms with Gasteiger partial charge in [-0.3, -0.25) is 4.68 Å². The SMILES string of the molecule is CCn1nc(C)c(Cl)c1CCCC(N)c1ccccc1. The van der Waals surface area contributed by atoms with Crippen molar-refractivity contribution in [2.45, 2.75) is 45.7 Å². The van der Waals surface area contributed by atoms with Crippen molar-refractivity contribution in [3.8, 4) is 0 Å². The lowest BCUT2D eigenvalue weighted by molar-refractivity contribution is 0.569. The van der Waals surface area contributed by atoms with E-state index in [-0.39, 0.29) is 6.04 Å². The van der Waals surface area contributed by atoms with Gasteiger partial charge in [0, 0.05) is 12.6 Å². The molecular formula is C16H22ClN3. The average molecular weight is 292 g/mol. The van der Waals surface area contributed by atoms with Crippen molar-refractivity contribution in [1.29, 1.82) is 0 Å². The molecular weight excluding hydrogens is 270 g/mol. The van der Waals surface area contributed by atoms with E-state index in [1.165, 1.54) is 5.56 Å². The lowest BCUT2D eigenvalue weighted by Gasteiger charge is -2.12. The highest BCUT2D eigenvalue weighted by atomic mass is 35.5. The van der Waals surface area contributed by atoms with Crippen LogP contribution < -0.4 is 5.73 Å². The molecule has 0 radical (unpaired) electrons. The zero-order chi connectivity index (χ0) is 14.5. The fourth-order valence-electron chi connectivity index (χ4n) is 2.46. The molecule has 2 rings (SSSR count). The third-order valence-corrected chi connectivity index (χ3v) is 4.10. The fraction of sp³-hybridized carbons (Fsp3) is 0.438. The molecule has 0 amide bonds. The predicted octanol–water partition coefficient (Wildman–Crippen LogP) is 3.89. The van der Waals surface area contributed by atoms with Crippen molar-refractivity contribution >= 4 is 11.6 Å². The smallest absolute Gasteiger partial charge is 0.0847 e. The van der Waals surface area contributed by atoms with E-state index in [9.17, 15) is 0 Å².